The van der Waals surface area contributed by atoms with Crippen LogP contribution in [-0.2, 0) is 17.6 Å². The van der Waals surface area contributed by atoms with Crippen LogP contribution in [0.5, 0.6) is 5.75 Å². The number of nitrogens with one attached hydrogen (secondary N) is 1. The highest BCUT2D eigenvalue weighted by atomic mass is 16.3. The fraction of sp³-hybridized carbons (Fsp3) is 0.458. The van der Waals surface area contributed by atoms with Crippen LogP contribution in [-0.4, -0.2) is 36.1 Å². The van der Waals surface area contributed by atoms with Crippen molar-refractivity contribution >= 4 is 5.91 Å². The minimum atomic E-state index is 0.138. The van der Waals surface area contributed by atoms with E-state index in [0.717, 1.165) is 32.1 Å². The minimum absolute atomic E-state index is 0.138. The predicted octanol–water partition coefficient (Wildman–Crippen LogP) is 4.23. The van der Waals surface area contributed by atoms with E-state index < -0.39 is 0 Å². The van der Waals surface area contributed by atoms with Crippen LogP contribution in [0.15, 0.2) is 48.5 Å². The second-order valence-corrected chi connectivity index (χ2v) is 8.09. The van der Waals surface area contributed by atoms with E-state index in [1.54, 1.807) is 12.1 Å². The number of likely N-dealkylation sites (N-methyl/N-ethyl adjacent to an activating group) is 1. The molecular weight excluding hydrogens is 348 g/mol. The smallest absolute Gasteiger partial charge is 0.220 e. The molecule has 0 unspecified atom stereocenters. The number of carbonyl (C=O) groups excluding carboxylic acids is 1. The Morgan fingerprint density at radius 1 is 1.14 bits per heavy atom. The summed E-state index contributed by atoms with van der Waals surface area (Å²) in [6.07, 6.45) is 6.69. The quantitative estimate of drug-likeness (QED) is 0.707. The SMILES string of the molecule is CN(C)[C@H](CCC(=O)N[C@H]1CCCCc2ccccc21)Cc1ccc(O)cc1. The lowest BCUT2D eigenvalue weighted by Crippen LogP contribution is -2.33. The molecule has 0 aromatic heterocycles. The van der Waals surface area contributed by atoms with Crippen LogP contribution < -0.4 is 5.32 Å². The number of phenolic OH excluding ortho intramolecular Hbond substituents is 1. The number of hydrogen-bond donors (Lipinski definition) is 2. The molecule has 0 saturated carbocycles. The van der Waals surface area contributed by atoms with E-state index in [1.165, 1.54) is 23.1 Å². The Morgan fingerprint density at radius 2 is 1.89 bits per heavy atom. The third-order valence-corrected chi connectivity index (χ3v) is 5.80. The number of carbonyl (C=O) groups is 1. The van der Waals surface area contributed by atoms with E-state index in [2.05, 4.69) is 48.6 Å². The first-order chi connectivity index (χ1) is 13.5. The summed E-state index contributed by atoms with van der Waals surface area (Å²) >= 11 is 0. The van der Waals surface area contributed by atoms with Gasteiger partial charge in [-0.25, -0.2) is 0 Å². The Kier molecular flexibility index (Phi) is 7.10. The molecule has 2 atom stereocenters. The van der Waals surface area contributed by atoms with Crippen molar-refractivity contribution in [3.8, 4) is 5.75 Å². The van der Waals surface area contributed by atoms with Gasteiger partial charge in [0, 0.05) is 12.5 Å². The Balaban J connectivity index is 1.57. The number of benzene rings is 2. The van der Waals surface area contributed by atoms with Gasteiger partial charge in [0.2, 0.25) is 5.91 Å². The van der Waals surface area contributed by atoms with Gasteiger partial charge in [-0.15, -0.1) is 0 Å². The number of phenols is 1. The van der Waals surface area contributed by atoms with E-state index in [1.807, 2.05) is 12.1 Å². The number of amides is 1. The normalized spacial score (nSPS) is 17.6. The van der Waals surface area contributed by atoms with E-state index in [4.69, 9.17) is 0 Å². The number of aryl methyl sites for hydroxylation is 1. The predicted molar refractivity (Wildman–Crippen MR) is 113 cm³/mol. The van der Waals surface area contributed by atoms with Crippen molar-refractivity contribution in [2.75, 3.05) is 14.1 Å². The first-order valence-corrected chi connectivity index (χ1v) is 10.3. The maximum Gasteiger partial charge on any atom is 0.220 e. The molecule has 2 aromatic rings. The summed E-state index contributed by atoms with van der Waals surface area (Å²) in [4.78, 5) is 14.9. The van der Waals surface area contributed by atoms with Crippen LogP contribution in [0.3, 0.4) is 0 Å². The van der Waals surface area contributed by atoms with E-state index in [0.29, 0.717) is 6.42 Å². The average Bonchev–Trinajstić information content (AvgIpc) is 2.89. The lowest BCUT2D eigenvalue weighted by molar-refractivity contribution is -0.122. The summed E-state index contributed by atoms with van der Waals surface area (Å²) in [6, 6.07) is 16.3. The molecule has 0 spiro atoms. The van der Waals surface area contributed by atoms with Crippen molar-refractivity contribution in [2.45, 2.75) is 57.0 Å². The Bertz CT molecular complexity index is 770. The van der Waals surface area contributed by atoms with Gasteiger partial charge in [0.05, 0.1) is 6.04 Å². The van der Waals surface area contributed by atoms with Crippen LogP contribution >= 0.6 is 0 Å². The van der Waals surface area contributed by atoms with Crippen LogP contribution in [0, 0.1) is 0 Å². The monoisotopic (exact) mass is 380 g/mol. The van der Waals surface area contributed by atoms with E-state index in [9.17, 15) is 9.90 Å². The van der Waals surface area contributed by atoms with Crippen LogP contribution in [0.2, 0.25) is 0 Å². The van der Waals surface area contributed by atoms with Gasteiger partial charge in [-0.2, -0.15) is 0 Å². The van der Waals surface area contributed by atoms with Gasteiger partial charge in [0.1, 0.15) is 5.75 Å². The van der Waals surface area contributed by atoms with Crippen molar-refractivity contribution in [3.63, 3.8) is 0 Å². The van der Waals surface area contributed by atoms with Crippen LogP contribution in [0.25, 0.3) is 0 Å². The van der Waals surface area contributed by atoms with Gasteiger partial charge in [-0.1, -0.05) is 42.8 Å². The zero-order valence-corrected chi connectivity index (χ0v) is 17.0. The molecule has 150 valence electrons. The van der Waals surface area contributed by atoms with Crippen LogP contribution in [0.4, 0.5) is 0 Å². The molecule has 4 heteroatoms. The third-order valence-electron chi connectivity index (χ3n) is 5.80. The van der Waals surface area contributed by atoms with Crippen molar-refractivity contribution in [3.05, 3.63) is 65.2 Å². The summed E-state index contributed by atoms with van der Waals surface area (Å²) < 4.78 is 0. The number of rotatable bonds is 7. The molecule has 1 aliphatic carbocycles. The number of fused-ring (bicyclic) bond motifs is 1. The summed E-state index contributed by atoms with van der Waals surface area (Å²) in [5.74, 6) is 0.424. The minimum Gasteiger partial charge on any atom is -0.508 e. The molecule has 0 fully saturated rings. The Morgan fingerprint density at radius 3 is 2.64 bits per heavy atom. The van der Waals surface area contributed by atoms with Gasteiger partial charge in [0.15, 0.2) is 0 Å². The molecule has 0 heterocycles. The molecule has 2 N–H and O–H groups in total. The lowest BCUT2D eigenvalue weighted by atomic mass is 9.98. The topological polar surface area (TPSA) is 52.6 Å². The van der Waals surface area contributed by atoms with Gasteiger partial charge in [-0.3, -0.25) is 4.79 Å². The fourth-order valence-corrected chi connectivity index (χ4v) is 4.08. The van der Waals surface area contributed by atoms with Crippen LogP contribution in [0.1, 0.15) is 54.8 Å². The zero-order valence-electron chi connectivity index (χ0n) is 17.0. The van der Waals surface area contributed by atoms with Gasteiger partial charge >= 0.3 is 0 Å². The fourth-order valence-electron chi connectivity index (χ4n) is 4.08. The standard InChI is InChI=1S/C24H32N2O2/c1-26(2)20(17-18-11-14-21(27)15-12-18)13-16-24(28)25-23-10-6-4-8-19-7-3-5-9-22(19)23/h3,5,7,9,11-12,14-15,20,23,27H,4,6,8,10,13,16-17H2,1-2H3,(H,25,28)/t20-,23+/m1/s1. The van der Waals surface area contributed by atoms with Gasteiger partial charge in [-0.05, 0) is 75.0 Å². The third kappa shape index (κ3) is 5.59. The number of nitrogens with zero attached hydrogens (tertiary/aromatic N) is 1. The molecule has 1 aliphatic rings. The molecule has 3 rings (SSSR count). The largest absolute Gasteiger partial charge is 0.508 e. The highest BCUT2D eigenvalue weighted by molar-refractivity contribution is 5.76. The van der Waals surface area contributed by atoms with Crippen molar-refractivity contribution in [1.29, 1.82) is 0 Å². The molecular formula is C24H32N2O2. The highest BCUT2D eigenvalue weighted by Crippen LogP contribution is 2.28. The first kappa shape index (κ1) is 20.4. The van der Waals surface area contributed by atoms with Crippen molar-refractivity contribution in [2.24, 2.45) is 0 Å². The molecule has 4 nitrogen and oxygen atoms in total. The number of aromatic hydroxyl groups is 1. The summed E-state index contributed by atoms with van der Waals surface area (Å²) in [6.45, 7) is 0. The molecule has 28 heavy (non-hydrogen) atoms. The molecule has 0 bridgehead atoms. The summed E-state index contributed by atoms with van der Waals surface area (Å²) in [5.41, 5.74) is 3.85. The van der Waals surface area contributed by atoms with E-state index >= 15 is 0 Å². The second-order valence-electron chi connectivity index (χ2n) is 8.09. The number of hydrogen-bond acceptors (Lipinski definition) is 3. The summed E-state index contributed by atoms with van der Waals surface area (Å²) in [7, 11) is 4.12. The average molecular weight is 381 g/mol. The first-order valence-electron chi connectivity index (χ1n) is 10.3. The van der Waals surface area contributed by atoms with Crippen molar-refractivity contribution in [1.82, 2.24) is 10.2 Å². The van der Waals surface area contributed by atoms with Gasteiger partial charge in [0.25, 0.3) is 0 Å². The molecule has 2 aromatic carbocycles. The molecule has 0 radical (unpaired) electrons. The van der Waals surface area contributed by atoms with E-state index in [-0.39, 0.29) is 23.7 Å². The lowest BCUT2D eigenvalue weighted by Gasteiger charge is -2.25. The molecule has 0 saturated heterocycles. The molecule has 0 aliphatic heterocycles. The maximum absolute atomic E-state index is 12.7. The Hall–Kier alpha value is -2.33. The Labute approximate surface area is 168 Å². The highest BCUT2D eigenvalue weighted by Gasteiger charge is 2.21. The second kappa shape index (κ2) is 9.74. The maximum atomic E-state index is 12.7. The zero-order chi connectivity index (χ0) is 19.9. The van der Waals surface area contributed by atoms with Crippen molar-refractivity contribution < 1.29 is 9.90 Å². The van der Waals surface area contributed by atoms with Gasteiger partial charge < -0.3 is 15.3 Å². The summed E-state index contributed by atoms with van der Waals surface area (Å²) in [5, 5.41) is 12.7. The molecule has 1 amide bonds.